The fourth-order valence-electron chi connectivity index (χ4n) is 4.57. The Morgan fingerprint density at radius 3 is 2.31 bits per heavy atom. The molecule has 0 atom stereocenters. The van der Waals surface area contributed by atoms with E-state index in [1.807, 2.05) is 32.0 Å². The maximum absolute atomic E-state index is 15.1. The van der Waals surface area contributed by atoms with E-state index >= 15 is 4.39 Å². The molecule has 0 radical (unpaired) electrons. The molecule has 3 aromatic rings. The van der Waals surface area contributed by atoms with Gasteiger partial charge in [0.25, 0.3) is 15.9 Å². The Hall–Kier alpha value is -3.45. The van der Waals surface area contributed by atoms with E-state index in [1.165, 1.54) is 25.0 Å². The molecule has 1 aliphatic rings. The van der Waals surface area contributed by atoms with Crippen molar-refractivity contribution in [2.75, 3.05) is 5.32 Å². The van der Waals surface area contributed by atoms with E-state index in [4.69, 9.17) is 0 Å². The Bertz CT molecular complexity index is 1410. The van der Waals surface area contributed by atoms with Gasteiger partial charge < -0.3 is 5.32 Å². The van der Waals surface area contributed by atoms with E-state index < -0.39 is 15.9 Å². The molecule has 36 heavy (non-hydrogen) atoms. The Balaban J connectivity index is 1.54. The van der Waals surface area contributed by atoms with E-state index in [2.05, 4.69) is 10.0 Å². The fourth-order valence-corrected chi connectivity index (χ4v) is 5.61. The molecule has 0 bridgehead atoms. The number of hydrogen-bond donors (Lipinski definition) is 2. The second-order valence-electron chi connectivity index (χ2n) is 9.42. The Labute approximate surface area is 212 Å². The van der Waals surface area contributed by atoms with Gasteiger partial charge in [0.05, 0.1) is 4.90 Å². The summed E-state index contributed by atoms with van der Waals surface area (Å²) in [5.74, 6) is -0.984. The number of carbonyl (C=O) groups is 1. The smallest absolute Gasteiger partial charge is 0.264 e. The average Bonchev–Trinajstić information content (AvgIpc) is 3.35. The van der Waals surface area contributed by atoms with Crippen LogP contribution < -0.4 is 10.0 Å². The molecular formula is C29H31FN2O3S. The lowest BCUT2D eigenvalue weighted by atomic mass is 9.93. The second-order valence-corrected chi connectivity index (χ2v) is 11.1. The molecule has 0 unspecified atom stereocenters. The molecule has 0 saturated heterocycles. The number of halogens is 1. The number of nitrogens with one attached hydrogen (secondary N) is 2. The zero-order valence-electron chi connectivity index (χ0n) is 20.8. The van der Waals surface area contributed by atoms with Gasteiger partial charge in [-0.1, -0.05) is 43.2 Å². The molecule has 3 aromatic carbocycles. The summed E-state index contributed by atoms with van der Waals surface area (Å²) in [5.41, 5.74) is 4.81. The molecule has 0 aromatic heterocycles. The SMILES string of the molecule is CC(=Cc1cc(C)c(-c2ccc(NC3CCCC3)cc2F)cc1C)C(=O)NS(=O)(=O)c1ccccc1. The highest BCUT2D eigenvalue weighted by Gasteiger charge is 2.19. The summed E-state index contributed by atoms with van der Waals surface area (Å²) in [7, 11) is -3.96. The van der Waals surface area contributed by atoms with Gasteiger partial charge in [-0.3, -0.25) is 4.79 Å². The summed E-state index contributed by atoms with van der Waals surface area (Å²) >= 11 is 0. The number of hydrogen-bond acceptors (Lipinski definition) is 4. The average molecular weight is 507 g/mol. The molecule has 1 fully saturated rings. The van der Waals surface area contributed by atoms with Crippen molar-refractivity contribution >= 4 is 27.7 Å². The van der Waals surface area contributed by atoms with E-state index in [1.54, 1.807) is 43.3 Å². The van der Waals surface area contributed by atoms with Crippen molar-refractivity contribution in [2.24, 2.45) is 0 Å². The van der Waals surface area contributed by atoms with Gasteiger partial charge in [-0.05, 0) is 92.3 Å². The lowest BCUT2D eigenvalue weighted by Gasteiger charge is -2.16. The second kappa shape index (κ2) is 10.7. The molecule has 5 nitrogen and oxygen atoms in total. The summed E-state index contributed by atoms with van der Waals surface area (Å²) in [6.45, 7) is 5.34. The highest BCUT2D eigenvalue weighted by Crippen LogP contribution is 2.32. The molecule has 0 aliphatic heterocycles. The van der Waals surface area contributed by atoms with Crippen molar-refractivity contribution in [1.82, 2.24) is 4.72 Å². The van der Waals surface area contributed by atoms with E-state index in [0.29, 0.717) is 11.6 Å². The van der Waals surface area contributed by atoms with Gasteiger partial charge in [-0.25, -0.2) is 17.5 Å². The van der Waals surface area contributed by atoms with E-state index in [-0.39, 0.29) is 16.3 Å². The van der Waals surface area contributed by atoms with Crippen LogP contribution in [-0.4, -0.2) is 20.4 Å². The number of sulfonamides is 1. The van der Waals surface area contributed by atoms with Crippen LogP contribution in [0.5, 0.6) is 0 Å². The summed E-state index contributed by atoms with van der Waals surface area (Å²) in [4.78, 5) is 12.6. The maximum Gasteiger partial charge on any atom is 0.264 e. The molecular weight excluding hydrogens is 475 g/mol. The van der Waals surface area contributed by atoms with Crippen molar-refractivity contribution in [1.29, 1.82) is 0 Å². The van der Waals surface area contributed by atoms with E-state index in [0.717, 1.165) is 40.8 Å². The van der Waals surface area contributed by atoms with Crippen LogP contribution in [0, 0.1) is 19.7 Å². The molecule has 7 heteroatoms. The fraction of sp³-hybridized carbons (Fsp3) is 0.276. The van der Waals surface area contributed by atoms with Gasteiger partial charge >= 0.3 is 0 Å². The topological polar surface area (TPSA) is 75.3 Å². The number of benzene rings is 3. The predicted molar refractivity (Wildman–Crippen MR) is 143 cm³/mol. The van der Waals surface area contributed by atoms with Crippen LogP contribution in [0.2, 0.25) is 0 Å². The summed E-state index contributed by atoms with van der Waals surface area (Å²) in [6, 6.07) is 17.2. The Morgan fingerprint density at radius 1 is 0.944 bits per heavy atom. The van der Waals surface area contributed by atoms with Gasteiger partial charge in [0.15, 0.2) is 0 Å². The van der Waals surface area contributed by atoms with Gasteiger partial charge in [0.1, 0.15) is 5.82 Å². The molecule has 4 rings (SSSR count). The normalized spacial score (nSPS) is 14.6. The first-order valence-corrected chi connectivity index (χ1v) is 13.6. The minimum absolute atomic E-state index is 0.0222. The highest BCUT2D eigenvalue weighted by molar-refractivity contribution is 7.90. The van der Waals surface area contributed by atoms with Crippen LogP contribution in [0.1, 0.15) is 49.3 Å². The quantitative estimate of drug-likeness (QED) is 0.365. The van der Waals surface area contributed by atoms with Crippen LogP contribution in [-0.2, 0) is 14.8 Å². The standard InChI is InChI=1S/C29H31FN2O3S/c1-19-17-27(26-14-13-24(18-28(26)30)31-23-9-7-8-10-23)20(2)15-22(19)16-21(3)29(33)32-36(34,35)25-11-5-4-6-12-25/h4-6,11-18,23,31H,7-10H2,1-3H3,(H,32,33). The number of carbonyl (C=O) groups excluding carboxylic acids is 1. The predicted octanol–water partition coefficient (Wildman–Crippen LogP) is 6.37. The summed E-state index contributed by atoms with van der Waals surface area (Å²) in [6.07, 6.45) is 6.30. The van der Waals surface area contributed by atoms with Crippen LogP contribution >= 0.6 is 0 Å². The van der Waals surface area contributed by atoms with E-state index in [9.17, 15) is 13.2 Å². The van der Waals surface area contributed by atoms with Gasteiger partial charge in [-0.15, -0.1) is 0 Å². The van der Waals surface area contributed by atoms with Crippen LogP contribution in [0.3, 0.4) is 0 Å². The summed E-state index contributed by atoms with van der Waals surface area (Å²) < 4.78 is 42.1. The van der Waals surface area contributed by atoms with Gasteiger partial charge in [0.2, 0.25) is 0 Å². The minimum Gasteiger partial charge on any atom is -0.382 e. The first kappa shape index (κ1) is 25.6. The molecule has 1 saturated carbocycles. The van der Waals surface area contributed by atoms with Crippen molar-refractivity contribution < 1.29 is 17.6 Å². The highest BCUT2D eigenvalue weighted by atomic mass is 32.2. The zero-order chi connectivity index (χ0) is 25.9. The van der Waals surface area contributed by atoms with Gasteiger partial charge in [-0.2, -0.15) is 0 Å². The Morgan fingerprint density at radius 2 is 1.64 bits per heavy atom. The first-order chi connectivity index (χ1) is 17.1. The maximum atomic E-state index is 15.1. The van der Waals surface area contributed by atoms with Crippen molar-refractivity contribution in [3.8, 4) is 11.1 Å². The molecule has 0 spiro atoms. The lowest BCUT2D eigenvalue weighted by Crippen LogP contribution is -2.31. The number of anilines is 1. The first-order valence-electron chi connectivity index (χ1n) is 12.1. The largest absolute Gasteiger partial charge is 0.382 e. The van der Waals surface area contributed by atoms with Crippen LogP contribution in [0.25, 0.3) is 17.2 Å². The number of rotatable bonds is 7. The molecule has 2 N–H and O–H groups in total. The number of amides is 1. The third kappa shape index (κ3) is 5.85. The monoisotopic (exact) mass is 506 g/mol. The number of aryl methyl sites for hydroxylation is 2. The Kier molecular flexibility index (Phi) is 7.59. The molecule has 1 amide bonds. The van der Waals surface area contributed by atoms with Crippen molar-refractivity contribution in [2.45, 2.75) is 57.4 Å². The molecule has 1 aliphatic carbocycles. The zero-order valence-corrected chi connectivity index (χ0v) is 21.6. The third-order valence-electron chi connectivity index (χ3n) is 6.61. The third-order valence-corrected chi connectivity index (χ3v) is 7.96. The van der Waals surface area contributed by atoms with Crippen molar-refractivity contribution in [3.63, 3.8) is 0 Å². The lowest BCUT2D eigenvalue weighted by molar-refractivity contribution is -0.115. The van der Waals surface area contributed by atoms with Crippen LogP contribution in [0.4, 0.5) is 10.1 Å². The van der Waals surface area contributed by atoms with Crippen LogP contribution in [0.15, 0.2) is 71.1 Å². The van der Waals surface area contributed by atoms with Gasteiger partial charge in [0, 0.05) is 22.9 Å². The molecule has 0 heterocycles. The van der Waals surface area contributed by atoms with Crippen molar-refractivity contribution in [3.05, 3.63) is 88.7 Å². The minimum atomic E-state index is -3.96. The molecule has 188 valence electrons. The summed E-state index contributed by atoms with van der Waals surface area (Å²) in [5, 5.41) is 3.43.